The number of likely N-dealkylation sites (N-methyl/N-ethyl adjacent to an activating group) is 1. The van der Waals surface area contributed by atoms with Gasteiger partial charge in [-0.25, -0.2) is 0 Å². The summed E-state index contributed by atoms with van der Waals surface area (Å²) in [4.78, 5) is 7.37. The molecule has 0 bridgehead atoms. The highest BCUT2D eigenvalue weighted by atomic mass is 15.2. The third-order valence-corrected chi connectivity index (χ3v) is 4.61. The SMILES string of the molecule is CCN(CCCN(C)C)C1(CN)CCCN(C)CC1. The van der Waals surface area contributed by atoms with E-state index < -0.39 is 0 Å². The number of likely N-dealkylation sites (tertiary alicyclic amines) is 1. The van der Waals surface area contributed by atoms with Crippen LogP contribution in [0.5, 0.6) is 0 Å². The van der Waals surface area contributed by atoms with Crippen molar-refractivity contribution >= 4 is 0 Å². The molecule has 114 valence electrons. The molecule has 1 aliphatic heterocycles. The van der Waals surface area contributed by atoms with Crippen molar-refractivity contribution in [2.75, 3.05) is 60.4 Å². The fourth-order valence-electron chi connectivity index (χ4n) is 3.27. The van der Waals surface area contributed by atoms with E-state index in [9.17, 15) is 0 Å². The predicted molar refractivity (Wildman–Crippen MR) is 83.6 cm³/mol. The molecule has 1 aliphatic rings. The Morgan fingerprint density at radius 3 is 2.47 bits per heavy atom. The first kappa shape index (κ1) is 16.9. The maximum atomic E-state index is 6.19. The minimum absolute atomic E-state index is 0.242. The second-order valence-corrected chi connectivity index (χ2v) is 6.32. The fraction of sp³-hybridized carbons (Fsp3) is 1.00. The zero-order chi connectivity index (χ0) is 14.3. The molecule has 1 fully saturated rings. The van der Waals surface area contributed by atoms with Crippen molar-refractivity contribution in [3.05, 3.63) is 0 Å². The molecule has 0 saturated carbocycles. The molecular weight excluding hydrogens is 236 g/mol. The number of hydrogen-bond donors (Lipinski definition) is 1. The monoisotopic (exact) mass is 270 g/mol. The largest absolute Gasteiger partial charge is 0.329 e. The first-order chi connectivity index (χ1) is 9.04. The standard InChI is InChI=1S/C15H34N4/c1-5-19(12-7-10-17(2)3)15(14-16)8-6-11-18(4)13-9-15/h5-14,16H2,1-4H3. The fourth-order valence-corrected chi connectivity index (χ4v) is 3.27. The second kappa shape index (κ2) is 8.20. The third-order valence-electron chi connectivity index (χ3n) is 4.61. The first-order valence-corrected chi connectivity index (χ1v) is 7.82. The van der Waals surface area contributed by atoms with Crippen molar-refractivity contribution in [2.24, 2.45) is 5.73 Å². The lowest BCUT2D eigenvalue weighted by Crippen LogP contribution is -2.54. The van der Waals surface area contributed by atoms with Gasteiger partial charge in [-0.3, -0.25) is 4.90 Å². The summed E-state index contributed by atoms with van der Waals surface area (Å²) in [6.45, 7) is 8.94. The molecule has 0 aromatic heterocycles. The second-order valence-electron chi connectivity index (χ2n) is 6.32. The molecule has 1 heterocycles. The van der Waals surface area contributed by atoms with Gasteiger partial charge >= 0.3 is 0 Å². The highest BCUT2D eigenvalue weighted by molar-refractivity contribution is 4.94. The highest BCUT2D eigenvalue weighted by Crippen LogP contribution is 2.28. The van der Waals surface area contributed by atoms with Gasteiger partial charge in [-0.2, -0.15) is 0 Å². The molecule has 0 aromatic carbocycles. The third kappa shape index (κ3) is 5.03. The Bertz CT molecular complexity index is 244. The van der Waals surface area contributed by atoms with Crippen molar-refractivity contribution in [1.29, 1.82) is 0 Å². The van der Waals surface area contributed by atoms with Gasteiger partial charge in [0.05, 0.1) is 0 Å². The van der Waals surface area contributed by atoms with Crippen molar-refractivity contribution < 1.29 is 0 Å². The van der Waals surface area contributed by atoms with Crippen molar-refractivity contribution in [3.63, 3.8) is 0 Å². The van der Waals surface area contributed by atoms with Gasteiger partial charge in [0, 0.05) is 12.1 Å². The average Bonchev–Trinajstić information content (AvgIpc) is 2.57. The number of nitrogens with two attached hydrogens (primary N) is 1. The number of hydrogen-bond acceptors (Lipinski definition) is 4. The highest BCUT2D eigenvalue weighted by Gasteiger charge is 2.35. The van der Waals surface area contributed by atoms with E-state index in [-0.39, 0.29) is 5.54 Å². The van der Waals surface area contributed by atoms with Gasteiger partial charge in [-0.05, 0) is 79.6 Å². The van der Waals surface area contributed by atoms with Crippen molar-refractivity contribution in [3.8, 4) is 0 Å². The van der Waals surface area contributed by atoms with E-state index in [4.69, 9.17) is 5.73 Å². The summed E-state index contributed by atoms with van der Waals surface area (Å²) >= 11 is 0. The first-order valence-electron chi connectivity index (χ1n) is 7.82. The van der Waals surface area contributed by atoms with E-state index in [1.807, 2.05) is 0 Å². The molecular formula is C15H34N4. The summed E-state index contributed by atoms with van der Waals surface area (Å²) in [6.07, 6.45) is 4.98. The zero-order valence-corrected chi connectivity index (χ0v) is 13.5. The van der Waals surface area contributed by atoms with Gasteiger partial charge in [0.2, 0.25) is 0 Å². The van der Waals surface area contributed by atoms with Crippen LogP contribution < -0.4 is 5.73 Å². The summed E-state index contributed by atoms with van der Waals surface area (Å²) in [5.41, 5.74) is 6.43. The van der Waals surface area contributed by atoms with Crippen LogP contribution in [0, 0.1) is 0 Å². The van der Waals surface area contributed by atoms with Crippen LogP contribution in [-0.4, -0.2) is 80.7 Å². The van der Waals surface area contributed by atoms with Gasteiger partial charge in [0.15, 0.2) is 0 Å². The Morgan fingerprint density at radius 2 is 1.89 bits per heavy atom. The summed E-state index contributed by atoms with van der Waals surface area (Å²) in [5.74, 6) is 0. The lowest BCUT2D eigenvalue weighted by Gasteiger charge is -2.43. The molecule has 4 nitrogen and oxygen atoms in total. The molecule has 0 amide bonds. The molecule has 0 aliphatic carbocycles. The van der Waals surface area contributed by atoms with E-state index in [0.29, 0.717) is 0 Å². The zero-order valence-electron chi connectivity index (χ0n) is 13.5. The minimum atomic E-state index is 0.242. The van der Waals surface area contributed by atoms with Crippen molar-refractivity contribution in [1.82, 2.24) is 14.7 Å². The summed E-state index contributed by atoms with van der Waals surface area (Å²) in [7, 11) is 6.53. The Balaban J connectivity index is 2.61. The molecule has 4 heteroatoms. The smallest absolute Gasteiger partial charge is 0.0344 e. The minimum Gasteiger partial charge on any atom is -0.329 e. The molecule has 0 radical (unpaired) electrons. The molecule has 2 N–H and O–H groups in total. The van der Waals surface area contributed by atoms with Gasteiger partial charge in [-0.15, -0.1) is 0 Å². The Kier molecular flexibility index (Phi) is 7.29. The molecule has 0 spiro atoms. The predicted octanol–water partition coefficient (Wildman–Crippen LogP) is 1.07. The summed E-state index contributed by atoms with van der Waals surface area (Å²) in [6, 6.07) is 0. The van der Waals surface area contributed by atoms with Crippen LogP contribution in [-0.2, 0) is 0 Å². The van der Waals surface area contributed by atoms with Crippen LogP contribution in [0.1, 0.15) is 32.6 Å². The Morgan fingerprint density at radius 1 is 1.16 bits per heavy atom. The van der Waals surface area contributed by atoms with Crippen LogP contribution in [0.15, 0.2) is 0 Å². The maximum Gasteiger partial charge on any atom is 0.0344 e. The molecule has 1 rings (SSSR count). The molecule has 1 atom stereocenters. The van der Waals surface area contributed by atoms with Crippen LogP contribution in [0.2, 0.25) is 0 Å². The Hall–Kier alpha value is -0.160. The number of rotatable bonds is 7. The Labute approximate surface area is 119 Å². The van der Waals surface area contributed by atoms with Gasteiger partial charge in [-0.1, -0.05) is 6.92 Å². The van der Waals surface area contributed by atoms with E-state index in [0.717, 1.165) is 19.6 Å². The van der Waals surface area contributed by atoms with E-state index in [2.05, 4.69) is 42.8 Å². The van der Waals surface area contributed by atoms with Gasteiger partial charge in [0.25, 0.3) is 0 Å². The van der Waals surface area contributed by atoms with Crippen LogP contribution in [0.4, 0.5) is 0 Å². The molecule has 19 heavy (non-hydrogen) atoms. The maximum absolute atomic E-state index is 6.19. The van der Waals surface area contributed by atoms with E-state index >= 15 is 0 Å². The normalized spacial score (nSPS) is 26.1. The summed E-state index contributed by atoms with van der Waals surface area (Å²) < 4.78 is 0. The van der Waals surface area contributed by atoms with Crippen LogP contribution in [0.25, 0.3) is 0 Å². The van der Waals surface area contributed by atoms with E-state index in [1.54, 1.807) is 0 Å². The molecule has 0 aromatic rings. The quantitative estimate of drug-likeness (QED) is 0.751. The van der Waals surface area contributed by atoms with E-state index in [1.165, 1.54) is 45.3 Å². The average molecular weight is 270 g/mol. The van der Waals surface area contributed by atoms with Crippen LogP contribution >= 0.6 is 0 Å². The lowest BCUT2D eigenvalue weighted by molar-refractivity contribution is 0.0806. The number of nitrogens with zero attached hydrogens (tertiary/aromatic N) is 3. The van der Waals surface area contributed by atoms with Crippen molar-refractivity contribution in [2.45, 2.75) is 38.1 Å². The van der Waals surface area contributed by atoms with Gasteiger partial charge < -0.3 is 15.5 Å². The topological polar surface area (TPSA) is 35.7 Å². The molecule has 1 saturated heterocycles. The summed E-state index contributed by atoms with van der Waals surface area (Å²) in [5, 5.41) is 0. The lowest BCUT2D eigenvalue weighted by atomic mass is 9.88. The van der Waals surface area contributed by atoms with Crippen LogP contribution in [0.3, 0.4) is 0 Å². The molecule has 1 unspecified atom stereocenters. The van der Waals surface area contributed by atoms with Gasteiger partial charge in [0.1, 0.15) is 0 Å².